The van der Waals surface area contributed by atoms with Crippen LogP contribution in [0, 0.1) is 10.8 Å². The van der Waals surface area contributed by atoms with Crippen molar-refractivity contribution in [1.82, 2.24) is 0 Å². The number of anilines is 2. The number of nitrogens with one attached hydrogen (secondary N) is 1. The molecule has 1 rings (SSSR count). The largest absolute Gasteiger partial charge is 0.506 e. The Morgan fingerprint density at radius 1 is 1.26 bits per heavy atom. The number of hydrogen-bond acceptors (Lipinski definition) is 3. The molecular formula is C15H24N2O2. The fourth-order valence-corrected chi connectivity index (χ4v) is 2.35. The molecule has 0 unspecified atom stereocenters. The maximum atomic E-state index is 12.3. The molecule has 4 nitrogen and oxygen atoms in total. The van der Waals surface area contributed by atoms with E-state index in [4.69, 9.17) is 5.73 Å². The van der Waals surface area contributed by atoms with Gasteiger partial charge in [-0.1, -0.05) is 34.6 Å². The minimum absolute atomic E-state index is 0.0140. The normalized spacial score (nSPS) is 12.3. The first-order valence-corrected chi connectivity index (χ1v) is 6.41. The van der Waals surface area contributed by atoms with Gasteiger partial charge in [0.15, 0.2) is 0 Å². The minimum atomic E-state index is -0.508. The van der Waals surface area contributed by atoms with E-state index < -0.39 is 5.41 Å². The number of carbonyl (C=O) groups is 1. The second-order valence-electron chi connectivity index (χ2n) is 6.85. The summed E-state index contributed by atoms with van der Waals surface area (Å²) in [5, 5.41) is 12.5. The lowest BCUT2D eigenvalue weighted by atomic mass is 9.75. The van der Waals surface area contributed by atoms with Gasteiger partial charge >= 0.3 is 0 Å². The van der Waals surface area contributed by atoms with Crippen molar-refractivity contribution >= 4 is 17.3 Å². The number of phenolic OH excluding ortho intramolecular Hbond substituents is 1. The van der Waals surface area contributed by atoms with Gasteiger partial charge in [-0.2, -0.15) is 0 Å². The van der Waals surface area contributed by atoms with E-state index in [1.54, 1.807) is 12.1 Å². The molecule has 0 bridgehead atoms. The van der Waals surface area contributed by atoms with Crippen LogP contribution >= 0.6 is 0 Å². The molecular weight excluding hydrogens is 240 g/mol. The van der Waals surface area contributed by atoms with E-state index in [-0.39, 0.29) is 17.1 Å². The summed E-state index contributed by atoms with van der Waals surface area (Å²) in [6, 6.07) is 4.67. The van der Waals surface area contributed by atoms with Gasteiger partial charge in [-0.25, -0.2) is 0 Å². The maximum absolute atomic E-state index is 12.3. The zero-order chi connectivity index (χ0) is 14.8. The molecule has 0 aliphatic carbocycles. The molecule has 0 atom stereocenters. The van der Waals surface area contributed by atoms with Crippen molar-refractivity contribution in [3.8, 4) is 5.75 Å². The summed E-state index contributed by atoms with van der Waals surface area (Å²) in [4.78, 5) is 12.3. The first-order chi connectivity index (χ1) is 8.51. The Morgan fingerprint density at radius 2 is 1.84 bits per heavy atom. The second-order valence-corrected chi connectivity index (χ2v) is 6.85. The molecule has 0 aliphatic heterocycles. The van der Waals surface area contributed by atoms with Gasteiger partial charge in [0.05, 0.1) is 5.69 Å². The Morgan fingerprint density at radius 3 is 2.32 bits per heavy atom. The number of benzene rings is 1. The number of rotatable bonds is 3. The van der Waals surface area contributed by atoms with Gasteiger partial charge in [0.2, 0.25) is 5.91 Å². The Hall–Kier alpha value is -1.71. The SMILES string of the molecule is CC(C)(C)CC(C)(C)C(=O)Nc1ccc(N)cc1O. The highest BCUT2D eigenvalue weighted by molar-refractivity contribution is 5.96. The van der Waals surface area contributed by atoms with E-state index in [1.807, 2.05) is 13.8 Å². The van der Waals surface area contributed by atoms with Crippen LogP contribution < -0.4 is 11.1 Å². The standard InChI is InChI=1S/C15H24N2O2/c1-14(2,3)9-15(4,5)13(19)17-11-7-6-10(16)8-12(11)18/h6-8,18H,9,16H2,1-5H3,(H,17,19). The fourth-order valence-electron chi connectivity index (χ4n) is 2.35. The van der Waals surface area contributed by atoms with Crippen LogP contribution in [0.1, 0.15) is 41.0 Å². The Balaban J connectivity index is 2.84. The molecule has 106 valence electrons. The van der Waals surface area contributed by atoms with Crippen molar-refractivity contribution in [3.63, 3.8) is 0 Å². The summed E-state index contributed by atoms with van der Waals surface area (Å²) >= 11 is 0. The van der Waals surface area contributed by atoms with Crippen LogP contribution in [-0.4, -0.2) is 11.0 Å². The van der Waals surface area contributed by atoms with Crippen LogP contribution in [0.2, 0.25) is 0 Å². The van der Waals surface area contributed by atoms with Gasteiger partial charge in [0.25, 0.3) is 0 Å². The zero-order valence-corrected chi connectivity index (χ0v) is 12.4. The van der Waals surface area contributed by atoms with Gasteiger partial charge in [-0.15, -0.1) is 0 Å². The Labute approximate surface area is 115 Å². The van der Waals surface area contributed by atoms with Crippen LogP contribution in [-0.2, 0) is 4.79 Å². The summed E-state index contributed by atoms with van der Waals surface area (Å²) in [6.07, 6.45) is 0.752. The molecule has 0 heterocycles. The predicted molar refractivity (Wildman–Crippen MR) is 79.0 cm³/mol. The number of nitrogens with two attached hydrogens (primary N) is 1. The van der Waals surface area contributed by atoms with E-state index in [9.17, 15) is 9.90 Å². The highest BCUT2D eigenvalue weighted by atomic mass is 16.3. The first kappa shape index (κ1) is 15.3. The van der Waals surface area contributed by atoms with Gasteiger partial charge < -0.3 is 16.2 Å². The van der Waals surface area contributed by atoms with Crippen molar-refractivity contribution in [3.05, 3.63) is 18.2 Å². The summed E-state index contributed by atoms with van der Waals surface area (Å²) < 4.78 is 0. The average Bonchev–Trinajstić information content (AvgIpc) is 2.18. The molecule has 0 aliphatic rings. The quantitative estimate of drug-likeness (QED) is 0.578. The Bertz CT molecular complexity index is 474. The van der Waals surface area contributed by atoms with Crippen LogP contribution in [0.15, 0.2) is 18.2 Å². The van der Waals surface area contributed by atoms with Gasteiger partial charge in [-0.3, -0.25) is 4.79 Å². The highest BCUT2D eigenvalue weighted by Crippen LogP contribution is 2.35. The molecule has 0 fully saturated rings. The number of carbonyl (C=O) groups excluding carboxylic acids is 1. The highest BCUT2D eigenvalue weighted by Gasteiger charge is 2.32. The molecule has 0 spiro atoms. The minimum Gasteiger partial charge on any atom is -0.506 e. The van der Waals surface area contributed by atoms with Gasteiger partial charge in [0.1, 0.15) is 5.75 Å². The molecule has 0 saturated carbocycles. The van der Waals surface area contributed by atoms with Crippen molar-refractivity contribution in [2.75, 3.05) is 11.1 Å². The monoisotopic (exact) mass is 264 g/mol. The van der Waals surface area contributed by atoms with Crippen molar-refractivity contribution in [2.24, 2.45) is 10.8 Å². The third kappa shape index (κ3) is 4.47. The van der Waals surface area contributed by atoms with E-state index >= 15 is 0 Å². The van der Waals surface area contributed by atoms with Gasteiger partial charge in [-0.05, 0) is 24.0 Å². The lowest BCUT2D eigenvalue weighted by Crippen LogP contribution is -2.34. The maximum Gasteiger partial charge on any atom is 0.230 e. The molecule has 1 amide bonds. The van der Waals surface area contributed by atoms with Gasteiger partial charge in [0, 0.05) is 17.2 Å². The fraction of sp³-hybridized carbons (Fsp3) is 0.533. The Kier molecular flexibility index (Phi) is 4.13. The van der Waals surface area contributed by atoms with Crippen LogP contribution in [0.25, 0.3) is 0 Å². The summed E-state index contributed by atoms with van der Waals surface area (Å²) in [5.74, 6) is -0.123. The van der Waals surface area contributed by atoms with E-state index in [1.165, 1.54) is 6.07 Å². The zero-order valence-electron chi connectivity index (χ0n) is 12.4. The first-order valence-electron chi connectivity index (χ1n) is 6.41. The van der Waals surface area contributed by atoms with E-state index in [0.29, 0.717) is 11.4 Å². The number of phenols is 1. The third-order valence-corrected chi connectivity index (χ3v) is 2.86. The number of amides is 1. The lowest BCUT2D eigenvalue weighted by molar-refractivity contribution is -0.125. The number of hydrogen-bond donors (Lipinski definition) is 3. The molecule has 4 N–H and O–H groups in total. The van der Waals surface area contributed by atoms with Crippen LogP contribution in [0.4, 0.5) is 11.4 Å². The topological polar surface area (TPSA) is 75.4 Å². The predicted octanol–water partition coefficient (Wildman–Crippen LogP) is 3.38. The summed E-state index contributed by atoms with van der Waals surface area (Å²) in [7, 11) is 0. The van der Waals surface area contributed by atoms with Crippen molar-refractivity contribution < 1.29 is 9.90 Å². The molecule has 0 aromatic heterocycles. The van der Waals surface area contributed by atoms with Crippen molar-refractivity contribution in [1.29, 1.82) is 0 Å². The third-order valence-electron chi connectivity index (χ3n) is 2.86. The lowest BCUT2D eigenvalue weighted by Gasteiger charge is -2.31. The van der Waals surface area contributed by atoms with Crippen molar-refractivity contribution in [2.45, 2.75) is 41.0 Å². The summed E-state index contributed by atoms with van der Waals surface area (Å²) in [5.41, 5.74) is 5.96. The van der Waals surface area contributed by atoms with E-state index in [2.05, 4.69) is 26.1 Å². The molecule has 1 aromatic carbocycles. The molecule has 4 heteroatoms. The average molecular weight is 264 g/mol. The van der Waals surface area contributed by atoms with Crippen LogP contribution in [0.5, 0.6) is 5.75 Å². The molecule has 0 saturated heterocycles. The molecule has 1 aromatic rings. The van der Waals surface area contributed by atoms with Crippen LogP contribution in [0.3, 0.4) is 0 Å². The molecule has 19 heavy (non-hydrogen) atoms. The summed E-state index contributed by atoms with van der Waals surface area (Å²) in [6.45, 7) is 10.1. The number of nitrogen functional groups attached to an aromatic ring is 1. The number of aromatic hydroxyl groups is 1. The second kappa shape index (κ2) is 5.11. The smallest absolute Gasteiger partial charge is 0.230 e. The van der Waals surface area contributed by atoms with E-state index in [0.717, 1.165) is 6.42 Å². The molecule has 0 radical (unpaired) electrons.